The van der Waals surface area contributed by atoms with Crippen LogP contribution in [0.1, 0.15) is 6.42 Å². The molecule has 0 amide bonds. The molecule has 20 heavy (non-hydrogen) atoms. The molecule has 0 aromatic rings. The maximum absolute atomic E-state index is 10.7. The summed E-state index contributed by atoms with van der Waals surface area (Å²) in [5.41, 5.74) is 0. The predicted molar refractivity (Wildman–Crippen MR) is 61.3 cm³/mol. The van der Waals surface area contributed by atoms with Crippen molar-refractivity contribution in [1.29, 1.82) is 0 Å². The first-order chi connectivity index (χ1) is 9.22. The molecule has 0 rings (SSSR count). The molecule has 1 unspecified atom stereocenters. The molecule has 114 valence electrons. The van der Waals surface area contributed by atoms with E-state index in [9.17, 15) is 19.2 Å². The summed E-state index contributed by atoms with van der Waals surface area (Å²) in [6.07, 6.45) is -0.569. The average molecular weight is 293 g/mol. The van der Waals surface area contributed by atoms with E-state index in [2.05, 4.69) is 0 Å². The molecule has 4 N–H and O–H groups in total. The van der Waals surface area contributed by atoms with Crippen molar-refractivity contribution < 1.29 is 44.3 Å². The number of aliphatic carboxylic acids is 4. The third-order valence-electron chi connectivity index (χ3n) is 2.14. The number of carbonyl (C=O) groups is 4. The minimum absolute atomic E-state index is 0.404. The highest BCUT2D eigenvalue weighted by Crippen LogP contribution is 2.06. The van der Waals surface area contributed by atoms with Gasteiger partial charge in [0.2, 0.25) is 0 Å². The highest BCUT2D eigenvalue weighted by atomic mass is 16.5. The van der Waals surface area contributed by atoms with Gasteiger partial charge in [-0.3, -0.25) is 19.3 Å². The lowest BCUT2D eigenvalue weighted by Crippen LogP contribution is -2.46. The lowest BCUT2D eigenvalue weighted by Gasteiger charge is -2.27. The molecule has 0 aromatic carbocycles. The zero-order valence-corrected chi connectivity index (χ0v) is 10.4. The van der Waals surface area contributed by atoms with Gasteiger partial charge in [-0.25, -0.2) is 4.79 Å². The Labute approximate surface area is 113 Å². The van der Waals surface area contributed by atoms with Gasteiger partial charge in [-0.05, 0) is 0 Å². The van der Waals surface area contributed by atoms with E-state index in [4.69, 9.17) is 25.2 Å². The first-order valence-corrected chi connectivity index (χ1v) is 5.41. The minimum atomic E-state index is -1.33. The Morgan fingerprint density at radius 3 is 1.70 bits per heavy atom. The summed E-state index contributed by atoms with van der Waals surface area (Å²) in [5, 5.41) is 34.5. The van der Waals surface area contributed by atoms with Crippen LogP contribution in [-0.4, -0.2) is 81.5 Å². The zero-order chi connectivity index (χ0) is 15.7. The van der Waals surface area contributed by atoms with Gasteiger partial charge in [0.15, 0.2) is 0 Å². The van der Waals surface area contributed by atoms with Crippen LogP contribution >= 0.6 is 0 Å². The van der Waals surface area contributed by atoms with Crippen LogP contribution in [0.3, 0.4) is 0 Å². The molecule has 0 spiro atoms. The molecule has 0 saturated heterocycles. The van der Waals surface area contributed by atoms with Gasteiger partial charge in [0.25, 0.3) is 0 Å². The summed E-state index contributed by atoms with van der Waals surface area (Å²) >= 11 is 0. The van der Waals surface area contributed by atoms with Crippen molar-refractivity contribution in [1.82, 2.24) is 4.90 Å². The van der Waals surface area contributed by atoms with Crippen molar-refractivity contribution in [3.8, 4) is 0 Å². The number of nitrogens with zero attached hydrogens (tertiary/aromatic N) is 1. The molecule has 0 aliphatic rings. The van der Waals surface area contributed by atoms with E-state index < -0.39 is 62.6 Å². The number of ether oxygens (including phenoxy) is 1. The monoisotopic (exact) mass is 293 g/mol. The van der Waals surface area contributed by atoms with Crippen molar-refractivity contribution >= 4 is 23.9 Å². The molecular weight excluding hydrogens is 278 g/mol. The van der Waals surface area contributed by atoms with Gasteiger partial charge in [-0.1, -0.05) is 0 Å². The van der Waals surface area contributed by atoms with Crippen molar-refractivity contribution in [3.63, 3.8) is 0 Å². The lowest BCUT2D eigenvalue weighted by atomic mass is 10.2. The van der Waals surface area contributed by atoms with E-state index >= 15 is 0 Å². The number of hydrogen-bond acceptors (Lipinski definition) is 6. The third kappa shape index (κ3) is 8.83. The van der Waals surface area contributed by atoms with Crippen molar-refractivity contribution in [2.75, 3.05) is 26.3 Å². The van der Waals surface area contributed by atoms with Gasteiger partial charge in [0.05, 0.1) is 26.1 Å². The average Bonchev–Trinajstić information content (AvgIpc) is 2.24. The fourth-order valence-electron chi connectivity index (χ4n) is 1.44. The molecule has 0 aliphatic heterocycles. The largest absolute Gasteiger partial charge is 0.481 e. The SMILES string of the molecule is O=C(O)COCC(CC(=O)O)N(CC(=O)O)CC(=O)O. The number of hydrogen-bond donors (Lipinski definition) is 4. The molecule has 0 saturated carbocycles. The molecule has 0 bridgehead atoms. The first kappa shape index (κ1) is 17.8. The summed E-state index contributed by atoms with van der Waals surface area (Å²) in [5.74, 6) is -5.23. The van der Waals surface area contributed by atoms with E-state index in [-0.39, 0.29) is 0 Å². The number of carboxylic acid groups (broad SMARTS) is 4. The summed E-state index contributed by atoms with van der Waals surface area (Å²) in [6, 6.07) is -1.06. The van der Waals surface area contributed by atoms with Crippen LogP contribution < -0.4 is 0 Å². The Morgan fingerprint density at radius 2 is 1.35 bits per heavy atom. The van der Waals surface area contributed by atoms with E-state index in [0.717, 1.165) is 4.90 Å². The molecule has 10 heteroatoms. The summed E-state index contributed by atoms with van der Waals surface area (Å²) in [7, 11) is 0. The summed E-state index contributed by atoms with van der Waals surface area (Å²) in [4.78, 5) is 43.2. The normalized spacial score (nSPS) is 12.1. The van der Waals surface area contributed by atoms with Gasteiger partial charge in [-0.2, -0.15) is 0 Å². The van der Waals surface area contributed by atoms with Gasteiger partial charge < -0.3 is 25.2 Å². The van der Waals surface area contributed by atoms with Crippen LogP contribution in [0, 0.1) is 0 Å². The molecule has 0 radical (unpaired) electrons. The van der Waals surface area contributed by atoms with Crippen LogP contribution in [0.2, 0.25) is 0 Å². The second kappa shape index (κ2) is 8.82. The third-order valence-corrected chi connectivity index (χ3v) is 2.14. The van der Waals surface area contributed by atoms with Gasteiger partial charge >= 0.3 is 23.9 Å². The first-order valence-electron chi connectivity index (χ1n) is 5.41. The number of carboxylic acids is 4. The maximum atomic E-state index is 10.7. The van der Waals surface area contributed by atoms with Crippen LogP contribution in [0.25, 0.3) is 0 Å². The Balaban J connectivity index is 4.78. The van der Waals surface area contributed by atoms with E-state index in [1.165, 1.54) is 0 Å². The van der Waals surface area contributed by atoms with Gasteiger partial charge in [0.1, 0.15) is 6.61 Å². The van der Waals surface area contributed by atoms with E-state index in [1.54, 1.807) is 0 Å². The van der Waals surface area contributed by atoms with Crippen LogP contribution in [0.4, 0.5) is 0 Å². The highest BCUT2D eigenvalue weighted by Gasteiger charge is 2.25. The Bertz CT molecular complexity index is 365. The minimum Gasteiger partial charge on any atom is -0.481 e. The highest BCUT2D eigenvalue weighted by molar-refractivity contribution is 5.73. The topological polar surface area (TPSA) is 162 Å². The fraction of sp³-hybridized carbons (Fsp3) is 0.600. The molecule has 0 aromatic heterocycles. The molecule has 0 fully saturated rings. The number of rotatable bonds is 11. The van der Waals surface area contributed by atoms with E-state index in [0.29, 0.717) is 0 Å². The van der Waals surface area contributed by atoms with Crippen LogP contribution in [0.15, 0.2) is 0 Å². The van der Waals surface area contributed by atoms with Crippen molar-refractivity contribution in [2.24, 2.45) is 0 Å². The Kier molecular flexibility index (Phi) is 7.85. The Hall–Kier alpha value is -2.20. The van der Waals surface area contributed by atoms with E-state index in [1.807, 2.05) is 0 Å². The van der Waals surface area contributed by atoms with Gasteiger partial charge in [-0.15, -0.1) is 0 Å². The Morgan fingerprint density at radius 1 is 0.850 bits per heavy atom. The predicted octanol–water partition coefficient (Wildman–Crippen LogP) is -1.60. The fourth-order valence-corrected chi connectivity index (χ4v) is 1.44. The molecule has 0 aliphatic carbocycles. The van der Waals surface area contributed by atoms with Crippen molar-refractivity contribution in [2.45, 2.75) is 12.5 Å². The van der Waals surface area contributed by atoms with Crippen molar-refractivity contribution in [3.05, 3.63) is 0 Å². The summed E-state index contributed by atoms with van der Waals surface area (Å²) < 4.78 is 4.71. The lowest BCUT2D eigenvalue weighted by molar-refractivity contribution is -0.149. The smallest absolute Gasteiger partial charge is 0.329 e. The van der Waals surface area contributed by atoms with Crippen LogP contribution in [0.5, 0.6) is 0 Å². The standard InChI is InChI=1S/C10H15NO9/c12-7(13)1-6(4-20-5-10(18)19)11(2-8(14)15)3-9(16)17/h6H,1-5H2,(H,12,13)(H,14,15)(H,16,17)(H,18,19). The van der Waals surface area contributed by atoms with Crippen LogP contribution in [-0.2, 0) is 23.9 Å². The zero-order valence-electron chi connectivity index (χ0n) is 10.4. The second-order valence-corrected chi connectivity index (χ2v) is 3.85. The molecule has 1 atom stereocenters. The molecule has 10 nitrogen and oxygen atoms in total. The maximum Gasteiger partial charge on any atom is 0.329 e. The quantitative estimate of drug-likeness (QED) is 0.349. The molecule has 0 heterocycles. The van der Waals surface area contributed by atoms with Gasteiger partial charge in [0, 0.05) is 6.04 Å². The second-order valence-electron chi connectivity index (χ2n) is 3.85. The molecular formula is C10H15NO9. The summed E-state index contributed by atoms with van der Waals surface area (Å²) in [6.45, 7) is -2.48.